The standard InChI is InChI=1S/C30H26O10/c31-16-3-4-17-26(11-16)40-30(14-2-6-20(33)23(36)9-14)28(38)27(17)18-7-15-10-24(37)29(39-25(15)12-21(18)34)13-1-5-19(32)22(35)8-13/h1-9,11-12,24,27-38H,10H2/t24-,27?,28+,29+,30-/m0/s1. The largest absolute Gasteiger partial charge is 0.508 e. The minimum Gasteiger partial charge on any atom is -0.508 e. The molecule has 8 N–H and O–H groups in total. The molecule has 2 aliphatic rings. The van der Waals surface area contributed by atoms with Gasteiger partial charge in [0.05, 0.1) is 6.10 Å². The summed E-state index contributed by atoms with van der Waals surface area (Å²) in [6, 6.07) is 15.6. The number of fused-ring (bicyclic) bond motifs is 2. The van der Waals surface area contributed by atoms with Crippen molar-refractivity contribution in [2.75, 3.05) is 0 Å². The van der Waals surface area contributed by atoms with Gasteiger partial charge in [-0.1, -0.05) is 18.2 Å². The minimum absolute atomic E-state index is 0.0707. The lowest BCUT2D eigenvalue weighted by atomic mass is 9.78. The van der Waals surface area contributed by atoms with Crippen molar-refractivity contribution in [1.29, 1.82) is 0 Å². The summed E-state index contributed by atoms with van der Waals surface area (Å²) >= 11 is 0. The van der Waals surface area contributed by atoms with Gasteiger partial charge in [-0.15, -0.1) is 0 Å². The Labute approximate surface area is 227 Å². The molecule has 0 aromatic heterocycles. The zero-order valence-corrected chi connectivity index (χ0v) is 20.8. The molecule has 0 bridgehead atoms. The van der Waals surface area contributed by atoms with Crippen molar-refractivity contribution in [3.8, 4) is 46.0 Å². The highest BCUT2D eigenvalue weighted by atomic mass is 16.5. The summed E-state index contributed by atoms with van der Waals surface area (Å²) in [4.78, 5) is 0. The SMILES string of the molecule is Oc1ccc2c(c1)O[C@@H](c1ccc(O)c(O)c1)[C@H](O)C2c1cc2c(cc1O)O[C@H](c1ccc(O)c(O)c1)[C@@H](O)C2. The van der Waals surface area contributed by atoms with Crippen molar-refractivity contribution in [3.63, 3.8) is 0 Å². The maximum absolute atomic E-state index is 11.6. The molecule has 4 aromatic carbocycles. The second-order valence-electron chi connectivity index (χ2n) is 10.1. The highest BCUT2D eigenvalue weighted by molar-refractivity contribution is 5.57. The van der Waals surface area contributed by atoms with Gasteiger partial charge in [-0.3, -0.25) is 0 Å². The van der Waals surface area contributed by atoms with Gasteiger partial charge in [0.1, 0.15) is 35.2 Å². The van der Waals surface area contributed by atoms with Crippen molar-refractivity contribution in [1.82, 2.24) is 0 Å². The molecule has 0 amide bonds. The number of aromatic hydroxyl groups is 6. The van der Waals surface area contributed by atoms with Crippen molar-refractivity contribution in [3.05, 3.63) is 94.5 Å². The molecule has 0 saturated heterocycles. The molecule has 40 heavy (non-hydrogen) atoms. The van der Waals surface area contributed by atoms with Crippen LogP contribution in [0, 0.1) is 0 Å². The minimum atomic E-state index is -1.27. The van der Waals surface area contributed by atoms with Gasteiger partial charge < -0.3 is 50.3 Å². The van der Waals surface area contributed by atoms with E-state index in [9.17, 15) is 40.9 Å². The Bertz CT molecular complexity index is 1620. The Morgan fingerprint density at radius 1 is 0.550 bits per heavy atom. The first-order chi connectivity index (χ1) is 19.1. The highest BCUT2D eigenvalue weighted by Crippen LogP contribution is 2.51. The number of ether oxygens (including phenoxy) is 2. The van der Waals surface area contributed by atoms with E-state index in [4.69, 9.17) is 9.47 Å². The van der Waals surface area contributed by atoms with Crippen LogP contribution in [0.5, 0.6) is 46.0 Å². The van der Waals surface area contributed by atoms with Crippen LogP contribution < -0.4 is 9.47 Å². The van der Waals surface area contributed by atoms with E-state index in [1.54, 1.807) is 12.1 Å². The summed E-state index contributed by atoms with van der Waals surface area (Å²) in [5, 5.41) is 83.0. The fraction of sp³-hybridized carbons (Fsp3) is 0.200. The molecule has 10 heteroatoms. The lowest BCUT2D eigenvalue weighted by Gasteiger charge is -2.38. The molecule has 4 aromatic rings. The van der Waals surface area contributed by atoms with E-state index < -0.39 is 36.1 Å². The topological polar surface area (TPSA) is 180 Å². The van der Waals surface area contributed by atoms with Gasteiger partial charge in [0.25, 0.3) is 0 Å². The van der Waals surface area contributed by atoms with Crippen molar-refractivity contribution >= 4 is 0 Å². The second-order valence-corrected chi connectivity index (χ2v) is 10.1. The van der Waals surface area contributed by atoms with Gasteiger partial charge in [-0.25, -0.2) is 0 Å². The molecule has 6 rings (SSSR count). The summed E-state index contributed by atoms with van der Waals surface area (Å²) < 4.78 is 12.0. The first kappa shape index (κ1) is 25.5. The Morgan fingerprint density at radius 3 is 1.82 bits per heavy atom. The predicted octanol–water partition coefficient (Wildman–Crippen LogP) is 3.58. The molecule has 2 heterocycles. The van der Waals surface area contributed by atoms with Gasteiger partial charge in [0, 0.05) is 35.6 Å². The predicted molar refractivity (Wildman–Crippen MR) is 140 cm³/mol. The van der Waals surface area contributed by atoms with Crippen LogP contribution >= 0.6 is 0 Å². The van der Waals surface area contributed by atoms with E-state index in [1.807, 2.05) is 0 Å². The monoisotopic (exact) mass is 546 g/mol. The smallest absolute Gasteiger partial charge is 0.157 e. The number of hydrogen-bond donors (Lipinski definition) is 8. The van der Waals surface area contributed by atoms with Gasteiger partial charge in [-0.2, -0.15) is 0 Å². The number of rotatable bonds is 3. The number of aliphatic hydroxyl groups is 2. The van der Waals surface area contributed by atoms with Crippen molar-refractivity contribution in [2.45, 2.75) is 36.8 Å². The number of aliphatic hydroxyl groups excluding tert-OH is 2. The summed E-state index contributed by atoms with van der Waals surface area (Å²) in [6.07, 6.45) is -4.06. The maximum Gasteiger partial charge on any atom is 0.157 e. The third kappa shape index (κ3) is 4.23. The molecular weight excluding hydrogens is 520 g/mol. The molecule has 0 saturated carbocycles. The zero-order valence-electron chi connectivity index (χ0n) is 20.8. The number of phenols is 6. The Hall–Kier alpha value is -4.80. The fourth-order valence-corrected chi connectivity index (χ4v) is 5.49. The molecule has 0 spiro atoms. The third-order valence-electron chi connectivity index (χ3n) is 7.47. The van der Waals surface area contributed by atoms with E-state index in [1.165, 1.54) is 54.6 Å². The quantitative estimate of drug-likeness (QED) is 0.177. The molecule has 0 radical (unpaired) electrons. The first-order valence-electron chi connectivity index (χ1n) is 12.5. The Balaban J connectivity index is 1.41. The molecule has 2 aliphatic heterocycles. The average Bonchev–Trinajstić information content (AvgIpc) is 2.91. The van der Waals surface area contributed by atoms with Crippen LogP contribution in [0.3, 0.4) is 0 Å². The van der Waals surface area contributed by atoms with Gasteiger partial charge in [-0.05, 0) is 53.1 Å². The molecule has 0 aliphatic carbocycles. The number of phenolic OH excluding ortho intramolecular Hbond substituents is 6. The van der Waals surface area contributed by atoms with Crippen LogP contribution in [0.2, 0.25) is 0 Å². The molecular formula is C30H26O10. The Kier molecular flexibility index (Phi) is 6.01. The molecule has 0 fully saturated rings. The van der Waals surface area contributed by atoms with Crippen LogP contribution in [-0.2, 0) is 6.42 Å². The zero-order chi connectivity index (χ0) is 28.3. The lowest BCUT2D eigenvalue weighted by molar-refractivity contribution is 0.00730. The van der Waals surface area contributed by atoms with Crippen LogP contribution in [0.15, 0.2) is 66.7 Å². The molecule has 1 unspecified atom stereocenters. The summed E-state index contributed by atoms with van der Waals surface area (Å²) in [5.74, 6) is -1.95. The van der Waals surface area contributed by atoms with Crippen molar-refractivity contribution in [2.24, 2.45) is 0 Å². The average molecular weight is 547 g/mol. The van der Waals surface area contributed by atoms with Crippen LogP contribution in [-0.4, -0.2) is 53.1 Å². The first-order valence-corrected chi connectivity index (χ1v) is 12.5. The lowest BCUT2D eigenvalue weighted by Crippen LogP contribution is -2.35. The summed E-state index contributed by atoms with van der Waals surface area (Å²) in [7, 11) is 0. The Morgan fingerprint density at radius 2 is 1.18 bits per heavy atom. The van der Waals surface area contributed by atoms with Crippen LogP contribution in [0.25, 0.3) is 0 Å². The normalized spacial score (nSPS) is 23.4. The highest BCUT2D eigenvalue weighted by Gasteiger charge is 2.42. The van der Waals surface area contributed by atoms with E-state index in [0.717, 1.165) is 0 Å². The van der Waals surface area contributed by atoms with Crippen LogP contribution in [0.4, 0.5) is 0 Å². The number of hydrogen-bond acceptors (Lipinski definition) is 10. The third-order valence-corrected chi connectivity index (χ3v) is 7.47. The second kappa shape index (κ2) is 9.44. The van der Waals surface area contributed by atoms with E-state index in [2.05, 4.69) is 0 Å². The molecule has 206 valence electrons. The maximum atomic E-state index is 11.6. The van der Waals surface area contributed by atoms with Crippen molar-refractivity contribution < 1.29 is 50.3 Å². The van der Waals surface area contributed by atoms with Gasteiger partial charge in [0.15, 0.2) is 29.1 Å². The molecule has 10 nitrogen and oxygen atoms in total. The van der Waals surface area contributed by atoms with E-state index in [0.29, 0.717) is 33.6 Å². The van der Waals surface area contributed by atoms with Gasteiger partial charge in [0.2, 0.25) is 0 Å². The van der Waals surface area contributed by atoms with E-state index >= 15 is 0 Å². The summed E-state index contributed by atoms with van der Waals surface area (Å²) in [5.41, 5.74) is 2.18. The van der Waals surface area contributed by atoms with E-state index in [-0.39, 0.29) is 40.9 Å². The summed E-state index contributed by atoms with van der Waals surface area (Å²) in [6.45, 7) is 0. The van der Waals surface area contributed by atoms with Crippen LogP contribution in [0.1, 0.15) is 45.9 Å². The molecule has 5 atom stereocenters. The fourth-order valence-electron chi connectivity index (χ4n) is 5.49. The number of benzene rings is 4. The van der Waals surface area contributed by atoms with Gasteiger partial charge >= 0.3 is 0 Å².